The molecule has 3 nitrogen and oxygen atoms in total. The monoisotopic (exact) mass is 225 g/mol. The topological polar surface area (TPSA) is 18.5 Å². The number of hydrogen-bond acceptors (Lipinski definition) is 3. The Morgan fingerprint density at radius 3 is 2.81 bits per heavy atom. The van der Waals surface area contributed by atoms with Crippen LogP contribution >= 0.6 is 0 Å². The van der Waals surface area contributed by atoms with Crippen LogP contribution in [0.5, 0.6) is 0 Å². The van der Waals surface area contributed by atoms with E-state index in [4.69, 9.17) is 0 Å². The molecule has 0 amide bonds. The lowest BCUT2D eigenvalue weighted by Crippen LogP contribution is -2.59. The molecule has 2 saturated heterocycles. The van der Waals surface area contributed by atoms with Crippen molar-refractivity contribution >= 4 is 0 Å². The molecule has 3 heteroatoms. The summed E-state index contributed by atoms with van der Waals surface area (Å²) in [6, 6.07) is 1.59. The second-order valence-electron chi connectivity index (χ2n) is 5.60. The Balaban J connectivity index is 1.98. The number of rotatable bonds is 2. The van der Waals surface area contributed by atoms with Crippen molar-refractivity contribution in [3.63, 3.8) is 0 Å². The summed E-state index contributed by atoms with van der Waals surface area (Å²) >= 11 is 0. The van der Waals surface area contributed by atoms with E-state index in [1.807, 2.05) is 0 Å². The van der Waals surface area contributed by atoms with E-state index in [1.165, 1.54) is 45.6 Å². The fourth-order valence-electron chi connectivity index (χ4n) is 3.43. The first-order chi connectivity index (χ1) is 7.72. The molecule has 3 unspecified atom stereocenters. The van der Waals surface area contributed by atoms with Crippen molar-refractivity contribution in [3.05, 3.63) is 0 Å². The first-order valence-corrected chi connectivity index (χ1v) is 6.87. The summed E-state index contributed by atoms with van der Waals surface area (Å²) in [4.78, 5) is 5.26. The summed E-state index contributed by atoms with van der Waals surface area (Å²) in [5.74, 6) is 0.825. The average molecular weight is 225 g/mol. The molecule has 0 aromatic heterocycles. The summed E-state index contributed by atoms with van der Waals surface area (Å²) < 4.78 is 0. The molecule has 2 aliphatic heterocycles. The SMILES string of the molecule is CCC1CNCCN1C1CCN(C)CC1C. The maximum atomic E-state index is 3.53. The number of likely N-dealkylation sites (tertiary alicyclic amines) is 1. The molecule has 0 saturated carbocycles. The Labute approximate surface area is 100 Å². The van der Waals surface area contributed by atoms with Crippen molar-refractivity contribution < 1.29 is 0 Å². The normalized spacial score (nSPS) is 38.8. The number of hydrogen-bond donors (Lipinski definition) is 1. The van der Waals surface area contributed by atoms with Gasteiger partial charge in [-0.25, -0.2) is 0 Å². The van der Waals surface area contributed by atoms with E-state index in [2.05, 4.69) is 36.0 Å². The zero-order chi connectivity index (χ0) is 11.5. The van der Waals surface area contributed by atoms with Crippen LogP contribution in [0, 0.1) is 5.92 Å². The summed E-state index contributed by atoms with van der Waals surface area (Å²) in [5, 5.41) is 3.53. The number of piperidine rings is 1. The van der Waals surface area contributed by atoms with Crippen molar-refractivity contribution in [1.82, 2.24) is 15.1 Å². The van der Waals surface area contributed by atoms with Gasteiger partial charge in [-0.2, -0.15) is 0 Å². The van der Waals surface area contributed by atoms with E-state index in [0.29, 0.717) is 0 Å². The second kappa shape index (κ2) is 5.48. The van der Waals surface area contributed by atoms with Gasteiger partial charge in [-0.05, 0) is 32.4 Å². The smallest absolute Gasteiger partial charge is 0.0221 e. The molecule has 94 valence electrons. The van der Waals surface area contributed by atoms with Crippen LogP contribution in [-0.2, 0) is 0 Å². The van der Waals surface area contributed by atoms with E-state index in [1.54, 1.807) is 0 Å². The van der Waals surface area contributed by atoms with Crippen LogP contribution in [0.15, 0.2) is 0 Å². The molecule has 2 aliphatic rings. The fourth-order valence-corrected chi connectivity index (χ4v) is 3.43. The Morgan fingerprint density at radius 2 is 2.12 bits per heavy atom. The average Bonchev–Trinajstić information content (AvgIpc) is 2.29. The maximum absolute atomic E-state index is 3.53. The van der Waals surface area contributed by atoms with Crippen LogP contribution in [0.25, 0.3) is 0 Å². The molecular weight excluding hydrogens is 198 g/mol. The van der Waals surface area contributed by atoms with Gasteiger partial charge in [-0.3, -0.25) is 4.90 Å². The maximum Gasteiger partial charge on any atom is 0.0221 e. The van der Waals surface area contributed by atoms with E-state index < -0.39 is 0 Å². The quantitative estimate of drug-likeness (QED) is 0.757. The van der Waals surface area contributed by atoms with Crippen molar-refractivity contribution in [1.29, 1.82) is 0 Å². The van der Waals surface area contributed by atoms with Gasteiger partial charge in [0, 0.05) is 38.3 Å². The highest BCUT2D eigenvalue weighted by molar-refractivity contribution is 4.90. The number of nitrogens with zero attached hydrogens (tertiary/aromatic N) is 2. The molecule has 2 heterocycles. The molecule has 16 heavy (non-hydrogen) atoms. The lowest BCUT2D eigenvalue weighted by atomic mass is 9.90. The molecule has 2 rings (SSSR count). The summed E-state index contributed by atoms with van der Waals surface area (Å²) in [6.07, 6.45) is 2.64. The van der Waals surface area contributed by atoms with E-state index in [-0.39, 0.29) is 0 Å². The van der Waals surface area contributed by atoms with Crippen LogP contribution in [0.1, 0.15) is 26.7 Å². The first-order valence-electron chi connectivity index (χ1n) is 6.87. The third-order valence-corrected chi connectivity index (χ3v) is 4.36. The lowest BCUT2D eigenvalue weighted by molar-refractivity contribution is 0.0295. The first kappa shape index (κ1) is 12.3. The Hall–Kier alpha value is -0.120. The van der Waals surface area contributed by atoms with Crippen molar-refractivity contribution in [2.45, 2.75) is 38.8 Å². The third kappa shape index (κ3) is 2.58. The Morgan fingerprint density at radius 1 is 1.31 bits per heavy atom. The van der Waals surface area contributed by atoms with Gasteiger partial charge in [0.2, 0.25) is 0 Å². The largest absolute Gasteiger partial charge is 0.314 e. The van der Waals surface area contributed by atoms with Gasteiger partial charge in [0.1, 0.15) is 0 Å². The molecule has 3 atom stereocenters. The predicted octanol–water partition coefficient (Wildman–Crippen LogP) is 1.01. The van der Waals surface area contributed by atoms with Crippen LogP contribution in [-0.4, -0.2) is 61.7 Å². The number of piperazine rings is 1. The van der Waals surface area contributed by atoms with Crippen LogP contribution < -0.4 is 5.32 Å². The molecule has 1 N–H and O–H groups in total. The summed E-state index contributed by atoms with van der Waals surface area (Å²) in [6.45, 7) is 10.9. The highest BCUT2D eigenvalue weighted by Gasteiger charge is 2.33. The van der Waals surface area contributed by atoms with Gasteiger partial charge < -0.3 is 10.2 Å². The molecule has 0 bridgehead atoms. The van der Waals surface area contributed by atoms with E-state index >= 15 is 0 Å². The summed E-state index contributed by atoms with van der Waals surface area (Å²) in [5.41, 5.74) is 0. The number of nitrogens with one attached hydrogen (secondary N) is 1. The second-order valence-corrected chi connectivity index (χ2v) is 5.60. The minimum absolute atomic E-state index is 0.768. The Bertz CT molecular complexity index is 219. The molecule has 0 aromatic rings. The zero-order valence-corrected chi connectivity index (χ0v) is 11.1. The van der Waals surface area contributed by atoms with E-state index in [0.717, 1.165) is 18.0 Å². The van der Waals surface area contributed by atoms with Crippen LogP contribution in [0.3, 0.4) is 0 Å². The van der Waals surface area contributed by atoms with Crippen LogP contribution in [0.4, 0.5) is 0 Å². The van der Waals surface area contributed by atoms with Gasteiger partial charge in [0.15, 0.2) is 0 Å². The third-order valence-electron chi connectivity index (χ3n) is 4.36. The molecule has 0 aliphatic carbocycles. The standard InChI is InChI=1S/C13H27N3/c1-4-12-9-14-6-8-16(12)13-5-7-15(3)10-11(13)2/h11-14H,4-10H2,1-3H3. The minimum atomic E-state index is 0.768. The Kier molecular flexibility index (Phi) is 4.22. The highest BCUT2D eigenvalue weighted by atomic mass is 15.3. The van der Waals surface area contributed by atoms with Gasteiger partial charge in [0.25, 0.3) is 0 Å². The van der Waals surface area contributed by atoms with Crippen molar-refractivity contribution in [2.24, 2.45) is 5.92 Å². The van der Waals surface area contributed by atoms with Crippen molar-refractivity contribution in [3.8, 4) is 0 Å². The van der Waals surface area contributed by atoms with Gasteiger partial charge >= 0.3 is 0 Å². The zero-order valence-electron chi connectivity index (χ0n) is 11.1. The molecular formula is C13H27N3. The lowest BCUT2D eigenvalue weighted by Gasteiger charge is -2.47. The molecule has 0 radical (unpaired) electrons. The highest BCUT2D eigenvalue weighted by Crippen LogP contribution is 2.24. The molecule has 0 aromatic carbocycles. The summed E-state index contributed by atoms with van der Waals surface area (Å²) in [7, 11) is 2.25. The van der Waals surface area contributed by atoms with Crippen LogP contribution in [0.2, 0.25) is 0 Å². The van der Waals surface area contributed by atoms with E-state index in [9.17, 15) is 0 Å². The molecule has 2 fully saturated rings. The molecule has 0 spiro atoms. The van der Waals surface area contributed by atoms with Crippen molar-refractivity contribution in [2.75, 3.05) is 39.8 Å². The minimum Gasteiger partial charge on any atom is -0.314 e. The van der Waals surface area contributed by atoms with Gasteiger partial charge in [-0.1, -0.05) is 13.8 Å². The van der Waals surface area contributed by atoms with Gasteiger partial charge in [-0.15, -0.1) is 0 Å². The fraction of sp³-hybridized carbons (Fsp3) is 1.00. The predicted molar refractivity (Wildman–Crippen MR) is 68.7 cm³/mol. The van der Waals surface area contributed by atoms with Gasteiger partial charge in [0.05, 0.1) is 0 Å².